The minimum absolute atomic E-state index is 0.0216. The van der Waals surface area contributed by atoms with Gasteiger partial charge in [0.2, 0.25) is 5.91 Å². The molecule has 120 valence electrons. The number of rotatable bonds is 7. The Kier molecular flexibility index (Phi) is 5.57. The Bertz CT molecular complexity index is 544. The number of likely N-dealkylation sites (N-methyl/N-ethyl adjacent to an activating group) is 1. The van der Waals surface area contributed by atoms with Crippen LogP contribution in [0.25, 0.3) is 0 Å². The molecule has 0 saturated heterocycles. The minimum Gasteiger partial charge on any atom is -0.468 e. The molecule has 0 bridgehead atoms. The Morgan fingerprint density at radius 1 is 1.55 bits per heavy atom. The molecule has 0 saturated carbocycles. The largest absolute Gasteiger partial charge is 0.468 e. The zero-order chi connectivity index (χ0) is 16.0. The van der Waals surface area contributed by atoms with Crippen LogP contribution in [-0.4, -0.2) is 41.7 Å². The van der Waals surface area contributed by atoms with Gasteiger partial charge in [0.1, 0.15) is 5.76 Å². The van der Waals surface area contributed by atoms with E-state index < -0.39 is 5.60 Å². The molecule has 5 heteroatoms. The van der Waals surface area contributed by atoms with Gasteiger partial charge in [-0.3, -0.25) is 9.69 Å². The molecule has 1 heterocycles. The smallest absolute Gasteiger partial charge is 0.233 e. The monoisotopic (exact) mass is 304 g/mol. The zero-order valence-corrected chi connectivity index (χ0v) is 13.2. The van der Waals surface area contributed by atoms with E-state index in [1.54, 1.807) is 13.3 Å². The van der Waals surface area contributed by atoms with Crippen molar-refractivity contribution in [1.29, 1.82) is 0 Å². The van der Waals surface area contributed by atoms with Crippen molar-refractivity contribution in [3.8, 4) is 0 Å². The average molecular weight is 304 g/mol. The highest BCUT2D eigenvalue weighted by atomic mass is 16.3. The number of furan rings is 1. The first-order valence-corrected chi connectivity index (χ1v) is 7.54. The summed E-state index contributed by atoms with van der Waals surface area (Å²) in [5, 5.41) is 12.7. The van der Waals surface area contributed by atoms with Crippen LogP contribution in [0.4, 0.5) is 0 Å². The van der Waals surface area contributed by atoms with Crippen molar-refractivity contribution in [3.05, 3.63) is 48.0 Å². The van der Waals surface area contributed by atoms with Crippen molar-refractivity contribution in [2.24, 2.45) is 0 Å². The zero-order valence-electron chi connectivity index (χ0n) is 13.2. The first-order chi connectivity index (χ1) is 10.5. The molecule has 1 unspecified atom stereocenters. The highest BCUT2D eigenvalue weighted by molar-refractivity contribution is 5.77. The molecule has 1 amide bonds. The fourth-order valence-corrected chi connectivity index (χ4v) is 2.52. The fraction of sp³-hybridized carbons (Fsp3) is 0.471. The predicted molar refractivity (Wildman–Crippen MR) is 85.1 cm³/mol. The molecule has 2 rings (SSSR count). The maximum Gasteiger partial charge on any atom is 0.233 e. The number of amides is 1. The Labute approximate surface area is 131 Å². The normalized spacial score (nSPS) is 21.0. The molecule has 0 aromatic carbocycles. The van der Waals surface area contributed by atoms with Gasteiger partial charge in [0.15, 0.2) is 0 Å². The number of allylic oxidation sites excluding steroid dienone is 1. The highest BCUT2D eigenvalue weighted by Crippen LogP contribution is 2.22. The maximum atomic E-state index is 11.7. The van der Waals surface area contributed by atoms with Crippen LogP contribution in [0.5, 0.6) is 0 Å². The molecular formula is C17H24N2O3. The van der Waals surface area contributed by atoms with E-state index in [9.17, 15) is 9.90 Å². The number of hydrogen-bond donors (Lipinski definition) is 2. The van der Waals surface area contributed by atoms with Gasteiger partial charge in [-0.1, -0.05) is 12.2 Å². The van der Waals surface area contributed by atoms with Gasteiger partial charge in [0.05, 0.1) is 25.0 Å². The molecule has 0 radical (unpaired) electrons. The Morgan fingerprint density at radius 2 is 2.36 bits per heavy atom. The van der Waals surface area contributed by atoms with E-state index in [1.165, 1.54) is 0 Å². The summed E-state index contributed by atoms with van der Waals surface area (Å²) in [4.78, 5) is 13.7. The lowest BCUT2D eigenvalue weighted by Crippen LogP contribution is -2.36. The molecule has 0 spiro atoms. The van der Waals surface area contributed by atoms with Crippen LogP contribution in [0.3, 0.4) is 0 Å². The summed E-state index contributed by atoms with van der Waals surface area (Å²) in [6.45, 7) is 3.44. The molecule has 1 atom stereocenters. The molecule has 22 heavy (non-hydrogen) atoms. The molecule has 5 nitrogen and oxygen atoms in total. The van der Waals surface area contributed by atoms with E-state index >= 15 is 0 Å². The van der Waals surface area contributed by atoms with E-state index in [2.05, 4.69) is 5.32 Å². The predicted octanol–water partition coefficient (Wildman–Crippen LogP) is 1.85. The summed E-state index contributed by atoms with van der Waals surface area (Å²) >= 11 is 0. The van der Waals surface area contributed by atoms with Crippen LogP contribution in [-0.2, 0) is 11.3 Å². The molecule has 2 N–H and O–H groups in total. The van der Waals surface area contributed by atoms with E-state index in [-0.39, 0.29) is 5.91 Å². The molecule has 0 aliphatic heterocycles. The van der Waals surface area contributed by atoms with Crippen molar-refractivity contribution in [3.63, 3.8) is 0 Å². The minimum atomic E-state index is -0.767. The topological polar surface area (TPSA) is 65.7 Å². The van der Waals surface area contributed by atoms with Crippen LogP contribution in [0.1, 0.15) is 25.5 Å². The molecule has 1 aromatic heterocycles. The lowest BCUT2D eigenvalue weighted by molar-refractivity contribution is -0.121. The number of nitrogens with one attached hydrogen (secondary N) is 1. The van der Waals surface area contributed by atoms with E-state index in [1.807, 2.05) is 42.2 Å². The number of hydrogen-bond acceptors (Lipinski definition) is 4. The lowest BCUT2D eigenvalue weighted by Gasteiger charge is -2.24. The van der Waals surface area contributed by atoms with Gasteiger partial charge in [-0.25, -0.2) is 0 Å². The maximum absolute atomic E-state index is 11.7. The van der Waals surface area contributed by atoms with Gasteiger partial charge >= 0.3 is 0 Å². The van der Waals surface area contributed by atoms with Crippen molar-refractivity contribution in [1.82, 2.24) is 10.2 Å². The second-order valence-electron chi connectivity index (χ2n) is 5.90. The summed E-state index contributed by atoms with van der Waals surface area (Å²) in [6, 6.07) is 3.75. The van der Waals surface area contributed by atoms with Gasteiger partial charge in [-0.15, -0.1) is 0 Å². The SMILES string of the molecule is CNC(=O)CN(CCC1=CC(C)(O)CC=C1)Cc1ccco1. The molecular weight excluding hydrogens is 280 g/mol. The van der Waals surface area contributed by atoms with E-state index in [0.717, 1.165) is 24.3 Å². The molecule has 1 aliphatic rings. The second-order valence-corrected chi connectivity index (χ2v) is 5.90. The molecule has 1 aromatic rings. The summed E-state index contributed by atoms with van der Waals surface area (Å²) in [5.41, 5.74) is 0.328. The summed E-state index contributed by atoms with van der Waals surface area (Å²) in [7, 11) is 1.64. The first-order valence-electron chi connectivity index (χ1n) is 7.54. The first kappa shape index (κ1) is 16.5. The summed E-state index contributed by atoms with van der Waals surface area (Å²) in [6.07, 6.45) is 9.00. The second kappa shape index (κ2) is 7.42. The molecule has 1 aliphatic carbocycles. The lowest BCUT2D eigenvalue weighted by atomic mass is 9.92. The van der Waals surface area contributed by atoms with Gasteiger partial charge in [0.25, 0.3) is 0 Å². The molecule has 0 fully saturated rings. The third-order valence-corrected chi connectivity index (χ3v) is 3.68. The van der Waals surface area contributed by atoms with Gasteiger partial charge in [-0.05, 0) is 43.5 Å². The van der Waals surface area contributed by atoms with Crippen LogP contribution in [0, 0.1) is 0 Å². The van der Waals surface area contributed by atoms with E-state index in [4.69, 9.17) is 4.42 Å². The third-order valence-electron chi connectivity index (χ3n) is 3.68. The van der Waals surface area contributed by atoms with Crippen LogP contribution >= 0.6 is 0 Å². The Morgan fingerprint density at radius 3 is 3.00 bits per heavy atom. The summed E-state index contributed by atoms with van der Waals surface area (Å²) in [5.74, 6) is 0.816. The van der Waals surface area contributed by atoms with E-state index in [0.29, 0.717) is 19.5 Å². The van der Waals surface area contributed by atoms with Crippen LogP contribution in [0.15, 0.2) is 46.6 Å². The highest BCUT2D eigenvalue weighted by Gasteiger charge is 2.19. The fourth-order valence-electron chi connectivity index (χ4n) is 2.52. The third kappa shape index (κ3) is 5.16. The van der Waals surface area contributed by atoms with Gasteiger partial charge in [0, 0.05) is 13.6 Å². The number of nitrogens with zero attached hydrogens (tertiary/aromatic N) is 1. The average Bonchev–Trinajstić information content (AvgIpc) is 2.96. The summed E-state index contributed by atoms with van der Waals surface area (Å²) < 4.78 is 5.36. The van der Waals surface area contributed by atoms with Crippen molar-refractivity contribution in [2.75, 3.05) is 20.1 Å². The Balaban J connectivity index is 1.95. The number of carbonyl (C=O) groups excluding carboxylic acids is 1. The quantitative estimate of drug-likeness (QED) is 0.807. The number of aliphatic hydroxyl groups is 1. The van der Waals surface area contributed by atoms with Crippen molar-refractivity contribution < 1.29 is 14.3 Å². The van der Waals surface area contributed by atoms with Crippen LogP contribution < -0.4 is 5.32 Å². The van der Waals surface area contributed by atoms with Crippen molar-refractivity contribution in [2.45, 2.75) is 31.9 Å². The van der Waals surface area contributed by atoms with Crippen molar-refractivity contribution >= 4 is 5.91 Å². The van der Waals surface area contributed by atoms with Gasteiger partial charge in [-0.2, -0.15) is 0 Å². The standard InChI is InChI=1S/C17H24N2O3/c1-17(21)8-3-5-14(11-17)7-9-19(13-16(20)18-2)12-15-6-4-10-22-15/h3-6,10-11,21H,7-9,12-13H2,1-2H3,(H,18,20). The van der Waals surface area contributed by atoms with Gasteiger partial charge < -0.3 is 14.8 Å². The van der Waals surface area contributed by atoms with Crippen LogP contribution in [0.2, 0.25) is 0 Å². The Hall–Kier alpha value is -1.85. The number of carbonyl (C=O) groups is 1.